The van der Waals surface area contributed by atoms with Gasteiger partial charge in [-0.25, -0.2) is 18.3 Å². The molecule has 0 radical (unpaired) electrons. The van der Waals surface area contributed by atoms with Crippen molar-refractivity contribution >= 4 is 34.8 Å². The van der Waals surface area contributed by atoms with E-state index >= 15 is 4.39 Å². The molecular weight excluding hydrogens is 520 g/mol. The van der Waals surface area contributed by atoms with Crippen LogP contribution in [0.2, 0.25) is 12.6 Å². The number of hydrogen-bond acceptors (Lipinski definition) is 5. The number of halogens is 5. The van der Waals surface area contributed by atoms with Crippen LogP contribution in [-0.2, 0) is 6.54 Å². The molecule has 2 N–H and O–H groups in total. The van der Waals surface area contributed by atoms with E-state index < -0.39 is 34.4 Å². The Balaban J connectivity index is 0.00000247. The Labute approximate surface area is 223 Å². The van der Waals surface area contributed by atoms with Crippen molar-refractivity contribution < 1.29 is 22.0 Å². The molecule has 0 aromatic heterocycles. The van der Waals surface area contributed by atoms with Crippen LogP contribution in [0.4, 0.5) is 27.6 Å². The van der Waals surface area contributed by atoms with E-state index in [1.54, 1.807) is 16.4 Å². The Hall–Kier alpha value is -3.30. The molecule has 12 heteroatoms. The highest BCUT2D eigenvalue weighted by Crippen LogP contribution is 2.35. The molecule has 1 fully saturated rings. The highest BCUT2D eigenvalue weighted by Gasteiger charge is 2.32. The second-order valence-corrected chi connectivity index (χ2v) is 9.84. The zero-order valence-corrected chi connectivity index (χ0v) is 22.2. The van der Waals surface area contributed by atoms with Gasteiger partial charge in [-0.1, -0.05) is 45.2 Å². The van der Waals surface area contributed by atoms with Gasteiger partial charge >= 0.3 is 6.18 Å². The summed E-state index contributed by atoms with van der Waals surface area (Å²) in [6, 6.07) is 10.1. The smallest absolute Gasteiger partial charge is 0.306 e. The van der Waals surface area contributed by atoms with Gasteiger partial charge in [0.1, 0.15) is 17.3 Å². The number of alkyl halides is 3. The molecule has 3 rings (SSSR count). The Morgan fingerprint density at radius 2 is 1.76 bits per heavy atom. The van der Waals surface area contributed by atoms with Gasteiger partial charge in [0.25, 0.3) is 6.71 Å². The highest BCUT2D eigenvalue weighted by molar-refractivity contribution is 8.13. The summed E-state index contributed by atoms with van der Waals surface area (Å²) in [5, 5.41) is 9.17. The fourth-order valence-electron chi connectivity index (χ4n) is 3.57. The van der Waals surface area contributed by atoms with E-state index in [1.807, 2.05) is 19.3 Å². The SMILES string of the molecule is C=C(NNC(=C)C(F)(F)F)c1ccc(CN(c2cccc(F)c2)S(=C)N2CCB(C#N)CC2)c(F)c1.CC. The summed E-state index contributed by atoms with van der Waals surface area (Å²) in [4.78, 5) is 0. The quantitative estimate of drug-likeness (QED) is 0.160. The normalized spacial score (nSPS) is 14.4. The molecule has 0 amide bonds. The average molecular weight is 551 g/mol. The third kappa shape index (κ3) is 8.36. The summed E-state index contributed by atoms with van der Waals surface area (Å²) >= 11 is 0. The second kappa shape index (κ2) is 14.0. The van der Waals surface area contributed by atoms with Gasteiger partial charge in [0, 0.05) is 30.2 Å². The van der Waals surface area contributed by atoms with Crippen LogP contribution in [0.3, 0.4) is 0 Å². The zero-order chi connectivity index (χ0) is 28.5. The number of nitrogens with zero attached hydrogens (tertiary/aromatic N) is 3. The molecule has 1 atom stereocenters. The van der Waals surface area contributed by atoms with Crippen LogP contribution < -0.4 is 15.2 Å². The summed E-state index contributed by atoms with van der Waals surface area (Å²) < 4.78 is 70.8. The topological polar surface area (TPSA) is 54.3 Å². The Morgan fingerprint density at radius 3 is 2.32 bits per heavy atom. The lowest BCUT2D eigenvalue weighted by Gasteiger charge is -2.37. The van der Waals surface area contributed by atoms with Gasteiger partial charge in [-0.05, 0) is 53.6 Å². The van der Waals surface area contributed by atoms with Crippen molar-refractivity contribution in [3.63, 3.8) is 0 Å². The highest BCUT2D eigenvalue weighted by atomic mass is 32.2. The van der Waals surface area contributed by atoms with Crippen LogP contribution in [0.1, 0.15) is 25.0 Å². The molecule has 1 aliphatic heterocycles. The van der Waals surface area contributed by atoms with Crippen molar-refractivity contribution in [1.82, 2.24) is 15.2 Å². The van der Waals surface area contributed by atoms with E-state index in [-0.39, 0.29) is 30.1 Å². The molecule has 2 aromatic rings. The first kappa shape index (κ1) is 30.9. The van der Waals surface area contributed by atoms with E-state index in [1.165, 1.54) is 24.3 Å². The van der Waals surface area contributed by atoms with Gasteiger partial charge in [0.2, 0.25) is 0 Å². The lowest BCUT2D eigenvalue weighted by molar-refractivity contribution is -0.0971. The van der Waals surface area contributed by atoms with E-state index in [0.29, 0.717) is 31.4 Å². The van der Waals surface area contributed by atoms with Crippen molar-refractivity contribution in [3.8, 4) is 5.97 Å². The minimum absolute atomic E-state index is 0.0182. The molecule has 38 heavy (non-hydrogen) atoms. The van der Waals surface area contributed by atoms with Crippen molar-refractivity contribution in [2.75, 3.05) is 17.4 Å². The van der Waals surface area contributed by atoms with Gasteiger partial charge in [0.15, 0.2) is 0 Å². The second-order valence-electron chi connectivity index (χ2n) is 8.20. The Kier molecular flexibility index (Phi) is 11.4. The Bertz CT molecular complexity index is 1190. The van der Waals surface area contributed by atoms with Gasteiger partial charge in [-0.3, -0.25) is 5.43 Å². The predicted molar refractivity (Wildman–Crippen MR) is 148 cm³/mol. The monoisotopic (exact) mass is 551 g/mol. The minimum Gasteiger partial charge on any atom is -0.306 e. The average Bonchev–Trinajstić information content (AvgIpc) is 2.91. The largest absolute Gasteiger partial charge is 0.432 e. The third-order valence-corrected chi connectivity index (χ3v) is 7.52. The standard InChI is InChI=1S/C24H25BF5N5S.C2H6/c1-17(32-33-18(2)24(28,29)30)19-7-8-20(23(27)13-19)15-35(22-6-4-5-21(26)14-22)36(3)34-11-9-25(16-31)10-12-34;1-2/h4-8,13-14,32-33H,1-3,9-12,15H2;1-2H3. The molecule has 0 bridgehead atoms. The number of hydrogen-bond donors (Lipinski definition) is 2. The predicted octanol–water partition coefficient (Wildman–Crippen LogP) is 6.54. The molecule has 1 heterocycles. The minimum atomic E-state index is -4.64. The van der Waals surface area contributed by atoms with Crippen LogP contribution >= 0.6 is 10.9 Å². The molecule has 0 saturated carbocycles. The molecular formula is C26H31BF5N5S. The fraction of sp³-hybridized carbons (Fsp3) is 0.308. The van der Waals surface area contributed by atoms with Crippen LogP contribution in [-0.4, -0.2) is 36.2 Å². The van der Waals surface area contributed by atoms with Gasteiger partial charge in [0.05, 0.1) is 17.9 Å². The summed E-state index contributed by atoms with van der Waals surface area (Å²) in [5.41, 5.74) is 4.04. The molecule has 1 unspecified atom stereocenters. The number of nitriles is 1. The van der Waals surface area contributed by atoms with Crippen molar-refractivity contribution in [3.05, 3.63) is 84.1 Å². The lowest BCUT2D eigenvalue weighted by atomic mass is 9.45. The van der Waals surface area contributed by atoms with Crippen LogP contribution in [0.5, 0.6) is 0 Å². The fourth-order valence-corrected chi connectivity index (χ4v) is 5.12. The molecule has 5 nitrogen and oxygen atoms in total. The lowest BCUT2D eigenvalue weighted by Crippen LogP contribution is -2.37. The zero-order valence-electron chi connectivity index (χ0n) is 21.4. The van der Waals surface area contributed by atoms with Crippen molar-refractivity contribution in [2.45, 2.75) is 39.2 Å². The molecule has 1 aliphatic rings. The van der Waals surface area contributed by atoms with Crippen LogP contribution in [0, 0.1) is 22.9 Å². The summed E-state index contributed by atoms with van der Waals surface area (Å²) in [6.45, 7) is 11.8. The van der Waals surface area contributed by atoms with Crippen LogP contribution in [0.25, 0.3) is 5.70 Å². The molecule has 2 aromatic carbocycles. The number of rotatable bonds is 9. The van der Waals surface area contributed by atoms with E-state index in [9.17, 15) is 22.8 Å². The van der Waals surface area contributed by atoms with Gasteiger partial charge in [-0.2, -0.15) is 13.2 Å². The number of hydrazine groups is 1. The van der Waals surface area contributed by atoms with E-state index in [4.69, 9.17) is 0 Å². The maximum Gasteiger partial charge on any atom is 0.432 e. The molecule has 204 valence electrons. The van der Waals surface area contributed by atoms with Gasteiger partial charge in [-0.15, -0.1) is 0 Å². The number of nitrogens with one attached hydrogen (secondary N) is 2. The maximum absolute atomic E-state index is 15.1. The summed E-state index contributed by atoms with van der Waals surface area (Å²) in [5.74, 6) is 5.51. The van der Waals surface area contributed by atoms with Crippen LogP contribution in [0.15, 0.2) is 61.3 Å². The summed E-state index contributed by atoms with van der Waals surface area (Å²) in [7, 11) is -0.792. The summed E-state index contributed by atoms with van der Waals surface area (Å²) in [6.07, 6.45) is -3.25. The number of anilines is 1. The van der Waals surface area contributed by atoms with Crippen molar-refractivity contribution in [1.29, 1.82) is 5.26 Å². The van der Waals surface area contributed by atoms with Gasteiger partial charge < -0.3 is 9.73 Å². The number of benzene rings is 2. The Morgan fingerprint density at radius 1 is 1.11 bits per heavy atom. The number of allylic oxidation sites excluding steroid dienone is 1. The van der Waals surface area contributed by atoms with E-state index in [0.717, 1.165) is 6.07 Å². The van der Waals surface area contributed by atoms with Crippen molar-refractivity contribution in [2.24, 2.45) is 0 Å². The van der Waals surface area contributed by atoms with E-state index in [2.05, 4.69) is 34.7 Å². The molecule has 0 spiro atoms. The first-order chi connectivity index (χ1) is 18.0. The molecule has 1 saturated heterocycles. The third-order valence-electron chi connectivity index (χ3n) is 5.71. The maximum atomic E-state index is 15.1. The first-order valence-electron chi connectivity index (χ1n) is 12.0. The first-order valence-corrected chi connectivity index (χ1v) is 13.3. The molecule has 0 aliphatic carbocycles.